The molecule has 0 fully saturated rings. The number of aliphatic carboxylic acids is 1. The van der Waals surface area contributed by atoms with Crippen LogP contribution in [0.15, 0.2) is 24.3 Å². The molecule has 0 spiro atoms. The molecule has 1 aromatic rings. The maximum Gasteiger partial charge on any atom is 0.309 e. The fraction of sp³-hybridized carbons (Fsp3) is 0.500. The van der Waals surface area contributed by atoms with Gasteiger partial charge in [0.15, 0.2) is 0 Å². The van der Waals surface area contributed by atoms with Crippen LogP contribution in [-0.4, -0.2) is 11.1 Å². The molecule has 0 aromatic heterocycles. The van der Waals surface area contributed by atoms with Crippen LogP contribution in [0.4, 0.5) is 0 Å². The molecule has 2 heteroatoms. The molecular formula is C14H22O2. The summed E-state index contributed by atoms with van der Waals surface area (Å²) in [6.07, 6.45) is 0.573. The first kappa shape index (κ1) is 14.7. The van der Waals surface area contributed by atoms with Crippen molar-refractivity contribution in [3.05, 3.63) is 35.4 Å². The first-order valence-corrected chi connectivity index (χ1v) is 5.71. The summed E-state index contributed by atoms with van der Waals surface area (Å²) in [6.45, 7) is 9.51. The Morgan fingerprint density at radius 3 is 2.31 bits per heavy atom. The van der Waals surface area contributed by atoms with E-state index in [0.717, 1.165) is 5.56 Å². The summed E-state index contributed by atoms with van der Waals surface area (Å²) < 4.78 is 0. The lowest BCUT2D eigenvalue weighted by Crippen LogP contribution is -2.26. The fourth-order valence-electron chi connectivity index (χ4n) is 1.41. The number of hydrogen-bond acceptors (Lipinski definition) is 1. The minimum absolute atomic E-state index is 0.573. The number of hydrogen-bond donors (Lipinski definition) is 1. The first-order chi connectivity index (χ1) is 7.42. The summed E-state index contributed by atoms with van der Waals surface area (Å²) >= 11 is 0. The van der Waals surface area contributed by atoms with Crippen molar-refractivity contribution in [2.24, 2.45) is 5.41 Å². The summed E-state index contributed by atoms with van der Waals surface area (Å²) in [5, 5.41) is 8.97. The van der Waals surface area contributed by atoms with Crippen LogP contribution in [0.2, 0.25) is 0 Å². The highest BCUT2D eigenvalue weighted by Gasteiger charge is 2.27. The molecule has 0 unspecified atom stereocenters. The van der Waals surface area contributed by atoms with Gasteiger partial charge in [0.05, 0.1) is 5.41 Å². The van der Waals surface area contributed by atoms with Gasteiger partial charge in [-0.05, 0) is 32.8 Å². The van der Waals surface area contributed by atoms with E-state index in [1.807, 2.05) is 45.0 Å². The smallest absolute Gasteiger partial charge is 0.309 e. The van der Waals surface area contributed by atoms with Gasteiger partial charge in [-0.25, -0.2) is 0 Å². The van der Waals surface area contributed by atoms with Gasteiger partial charge in [0.2, 0.25) is 0 Å². The van der Waals surface area contributed by atoms with Crippen LogP contribution in [0.25, 0.3) is 0 Å². The SMILES string of the molecule is CC.Cc1cccc(CC(C)(C)C(=O)O)c1. The van der Waals surface area contributed by atoms with Gasteiger partial charge in [-0.15, -0.1) is 0 Å². The van der Waals surface area contributed by atoms with Crippen molar-refractivity contribution in [2.75, 3.05) is 0 Å². The van der Waals surface area contributed by atoms with Crippen molar-refractivity contribution in [2.45, 2.75) is 41.0 Å². The lowest BCUT2D eigenvalue weighted by Gasteiger charge is -2.19. The Morgan fingerprint density at radius 2 is 1.88 bits per heavy atom. The van der Waals surface area contributed by atoms with E-state index in [1.165, 1.54) is 5.56 Å². The number of rotatable bonds is 3. The molecule has 0 bridgehead atoms. The van der Waals surface area contributed by atoms with Crippen molar-refractivity contribution in [1.29, 1.82) is 0 Å². The number of carboxylic acids is 1. The van der Waals surface area contributed by atoms with Crippen molar-refractivity contribution in [3.8, 4) is 0 Å². The van der Waals surface area contributed by atoms with Gasteiger partial charge in [0, 0.05) is 0 Å². The third-order valence-corrected chi connectivity index (χ3v) is 2.31. The standard InChI is InChI=1S/C12H16O2.C2H6/c1-9-5-4-6-10(7-9)8-12(2,3)11(13)14;1-2/h4-7H,8H2,1-3H3,(H,13,14);1-2H3. The largest absolute Gasteiger partial charge is 0.481 e. The molecule has 90 valence electrons. The molecule has 0 aliphatic rings. The van der Waals surface area contributed by atoms with Gasteiger partial charge in [-0.2, -0.15) is 0 Å². The van der Waals surface area contributed by atoms with E-state index >= 15 is 0 Å². The van der Waals surface area contributed by atoms with Crippen LogP contribution in [0.3, 0.4) is 0 Å². The number of carboxylic acid groups (broad SMARTS) is 1. The molecule has 0 aliphatic heterocycles. The van der Waals surface area contributed by atoms with E-state index in [0.29, 0.717) is 6.42 Å². The molecule has 16 heavy (non-hydrogen) atoms. The van der Waals surface area contributed by atoms with Crippen LogP contribution in [-0.2, 0) is 11.2 Å². The molecule has 0 saturated heterocycles. The van der Waals surface area contributed by atoms with Crippen LogP contribution < -0.4 is 0 Å². The van der Waals surface area contributed by atoms with Crippen molar-refractivity contribution in [1.82, 2.24) is 0 Å². The highest BCUT2D eigenvalue weighted by Crippen LogP contribution is 2.22. The highest BCUT2D eigenvalue weighted by molar-refractivity contribution is 5.74. The van der Waals surface area contributed by atoms with Gasteiger partial charge in [-0.1, -0.05) is 43.7 Å². The lowest BCUT2D eigenvalue weighted by molar-refractivity contribution is -0.146. The summed E-state index contributed by atoms with van der Waals surface area (Å²) in [5.74, 6) is -0.751. The summed E-state index contributed by atoms with van der Waals surface area (Å²) in [7, 11) is 0. The van der Waals surface area contributed by atoms with E-state index in [1.54, 1.807) is 13.8 Å². The van der Waals surface area contributed by atoms with Crippen LogP contribution in [0.5, 0.6) is 0 Å². The molecule has 0 saturated carbocycles. The number of aryl methyl sites for hydroxylation is 1. The minimum Gasteiger partial charge on any atom is -0.481 e. The molecular weight excluding hydrogens is 200 g/mol. The van der Waals surface area contributed by atoms with E-state index < -0.39 is 11.4 Å². The fourth-order valence-corrected chi connectivity index (χ4v) is 1.41. The Hall–Kier alpha value is -1.31. The van der Waals surface area contributed by atoms with E-state index in [2.05, 4.69) is 0 Å². The second-order valence-corrected chi connectivity index (χ2v) is 4.35. The van der Waals surface area contributed by atoms with Crippen molar-refractivity contribution in [3.63, 3.8) is 0 Å². The van der Waals surface area contributed by atoms with Crippen LogP contribution in [0, 0.1) is 12.3 Å². The van der Waals surface area contributed by atoms with E-state index in [9.17, 15) is 4.79 Å². The lowest BCUT2D eigenvalue weighted by atomic mass is 9.85. The molecule has 0 radical (unpaired) electrons. The molecule has 0 atom stereocenters. The maximum atomic E-state index is 10.9. The van der Waals surface area contributed by atoms with Gasteiger partial charge >= 0.3 is 5.97 Å². The van der Waals surface area contributed by atoms with E-state index in [4.69, 9.17) is 5.11 Å². The Kier molecular flexibility index (Phi) is 5.79. The monoisotopic (exact) mass is 222 g/mol. The van der Waals surface area contributed by atoms with Gasteiger partial charge < -0.3 is 5.11 Å². The summed E-state index contributed by atoms with van der Waals surface area (Å²) in [5.41, 5.74) is 1.56. The molecule has 0 amide bonds. The highest BCUT2D eigenvalue weighted by atomic mass is 16.4. The zero-order chi connectivity index (χ0) is 12.8. The van der Waals surface area contributed by atoms with Crippen LogP contribution in [0.1, 0.15) is 38.8 Å². The number of benzene rings is 1. The molecule has 1 aromatic carbocycles. The summed E-state index contributed by atoms with van der Waals surface area (Å²) in [6, 6.07) is 7.97. The maximum absolute atomic E-state index is 10.9. The third kappa shape index (κ3) is 4.47. The van der Waals surface area contributed by atoms with Crippen LogP contribution >= 0.6 is 0 Å². The average molecular weight is 222 g/mol. The second kappa shape index (κ2) is 6.31. The second-order valence-electron chi connectivity index (χ2n) is 4.35. The zero-order valence-electron chi connectivity index (χ0n) is 10.9. The van der Waals surface area contributed by atoms with Crippen molar-refractivity contribution < 1.29 is 9.90 Å². The predicted molar refractivity (Wildman–Crippen MR) is 67.6 cm³/mol. The molecule has 1 N–H and O–H groups in total. The first-order valence-electron chi connectivity index (χ1n) is 5.71. The zero-order valence-corrected chi connectivity index (χ0v) is 10.9. The normalized spacial score (nSPS) is 10.3. The van der Waals surface area contributed by atoms with Crippen molar-refractivity contribution >= 4 is 5.97 Å². The predicted octanol–water partition coefficient (Wildman–Crippen LogP) is 3.67. The average Bonchev–Trinajstić information content (AvgIpc) is 2.19. The third-order valence-electron chi connectivity index (χ3n) is 2.31. The van der Waals surface area contributed by atoms with Gasteiger partial charge in [-0.3, -0.25) is 4.79 Å². The molecule has 0 aliphatic carbocycles. The Balaban J connectivity index is 0.00000106. The quantitative estimate of drug-likeness (QED) is 0.847. The topological polar surface area (TPSA) is 37.3 Å². The van der Waals surface area contributed by atoms with E-state index in [-0.39, 0.29) is 0 Å². The molecule has 2 nitrogen and oxygen atoms in total. The summed E-state index contributed by atoms with van der Waals surface area (Å²) in [4.78, 5) is 10.9. The number of carbonyl (C=O) groups is 1. The van der Waals surface area contributed by atoms with Gasteiger partial charge in [0.25, 0.3) is 0 Å². The molecule has 1 rings (SSSR count). The molecule has 0 heterocycles. The Morgan fingerprint density at radius 1 is 1.31 bits per heavy atom. The Labute approximate surface area is 98.3 Å². The van der Waals surface area contributed by atoms with Gasteiger partial charge in [0.1, 0.15) is 0 Å². The minimum atomic E-state index is -0.751. The Bertz CT molecular complexity index is 340.